The number of thioether (sulfide) groups is 1. The Labute approximate surface area is 122 Å². The Hall–Kier alpha value is -1.43. The van der Waals surface area contributed by atoms with E-state index in [-0.39, 0.29) is 18.4 Å². The van der Waals surface area contributed by atoms with Crippen molar-refractivity contribution in [2.24, 2.45) is 0 Å². The largest absolute Gasteiger partial charge is 0.481 e. The standard InChI is InChI=1S/C14H19NO4S/c1-20-9-11-5-6-12(19-11)14(18)15-7-3-2-4-10(15)8-13(16)17/h5-6,10H,2-4,7-9H2,1H3,(H,16,17). The average molecular weight is 297 g/mol. The number of carboxylic acids is 1. The highest BCUT2D eigenvalue weighted by molar-refractivity contribution is 7.97. The maximum absolute atomic E-state index is 12.4. The molecular formula is C14H19NO4S. The van der Waals surface area contributed by atoms with Gasteiger partial charge in [-0.15, -0.1) is 0 Å². The molecule has 0 aromatic carbocycles. The summed E-state index contributed by atoms with van der Waals surface area (Å²) in [6, 6.07) is 3.27. The van der Waals surface area contributed by atoms with E-state index in [1.165, 1.54) is 0 Å². The van der Waals surface area contributed by atoms with Crippen LogP contribution < -0.4 is 0 Å². The number of rotatable bonds is 5. The number of piperidine rings is 1. The number of carboxylic acid groups (broad SMARTS) is 1. The quantitative estimate of drug-likeness (QED) is 0.904. The average Bonchev–Trinajstić information content (AvgIpc) is 2.87. The van der Waals surface area contributed by atoms with Gasteiger partial charge >= 0.3 is 5.97 Å². The molecule has 2 heterocycles. The minimum absolute atomic E-state index is 0.00408. The second kappa shape index (κ2) is 6.83. The Kier molecular flexibility index (Phi) is 5.11. The summed E-state index contributed by atoms with van der Waals surface area (Å²) in [5.74, 6) is 0.755. The minimum atomic E-state index is -0.864. The number of aliphatic carboxylic acids is 1. The summed E-state index contributed by atoms with van der Waals surface area (Å²) >= 11 is 1.63. The van der Waals surface area contributed by atoms with Crippen LogP contribution in [0.5, 0.6) is 0 Å². The van der Waals surface area contributed by atoms with Gasteiger partial charge in [0.2, 0.25) is 0 Å². The van der Waals surface area contributed by atoms with E-state index < -0.39 is 5.97 Å². The Morgan fingerprint density at radius 2 is 2.25 bits per heavy atom. The normalized spacial score (nSPS) is 19.1. The first-order valence-corrected chi connectivity index (χ1v) is 8.11. The van der Waals surface area contributed by atoms with Gasteiger partial charge in [0, 0.05) is 12.6 Å². The third-order valence-corrected chi connectivity index (χ3v) is 4.03. The van der Waals surface area contributed by atoms with Gasteiger partial charge in [-0.1, -0.05) is 0 Å². The Morgan fingerprint density at radius 1 is 1.45 bits per heavy atom. The monoisotopic (exact) mass is 297 g/mol. The lowest BCUT2D eigenvalue weighted by molar-refractivity contribution is -0.138. The molecule has 0 saturated carbocycles. The molecule has 1 aliphatic heterocycles. The molecular weight excluding hydrogens is 278 g/mol. The Balaban J connectivity index is 2.09. The van der Waals surface area contributed by atoms with Crippen LogP contribution in [0, 0.1) is 0 Å². The van der Waals surface area contributed by atoms with E-state index >= 15 is 0 Å². The van der Waals surface area contributed by atoms with Crippen molar-refractivity contribution in [2.45, 2.75) is 37.5 Å². The smallest absolute Gasteiger partial charge is 0.305 e. The summed E-state index contributed by atoms with van der Waals surface area (Å²) in [7, 11) is 0. The van der Waals surface area contributed by atoms with Gasteiger partial charge in [-0.2, -0.15) is 11.8 Å². The van der Waals surface area contributed by atoms with Crippen LogP contribution in [0.15, 0.2) is 16.5 Å². The third kappa shape index (κ3) is 3.56. The summed E-state index contributed by atoms with van der Waals surface area (Å²) in [5, 5.41) is 8.95. The second-order valence-corrected chi connectivity index (χ2v) is 5.81. The Bertz CT molecular complexity index is 485. The van der Waals surface area contributed by atoms with Gasteiger partial charge in [0.25, 0.3) is 5.91 Å². The highest BCUT2D eigenvalue weighted by Gasteiger charge is 2.30. The molecule has 1 N–H and O–H groups in total. The summed E-state index contributed by atoms with van der Waals surface area (Å²) in [6.07, 6.45) is 4.61. The maximum Gasteiger partial charge on any atom is 0.305 e. The van der Waals surface area contributed by atoms with Crippen molar-refractivity contribution in [2.75, 3.05) is 12.8 Å². The first-order chi connectivity index (χ1) is 9.61. The number of amides is 1. The number of nitrogens with zero attached hydrogens (tertiary/aromatic N) is 1. The molecule has 0 aliphatic carbocycles. The highest BCUT2D eigenvalue weighted by Crippen LogP contribution is 2.23. The van der Waals surface area contributed by atoms with Gasteiger partial charge in [0.15, 0.2) is 5.76 Å². The summed E-state index contributed by atoms with van der Waals surface area (Å²) in [4.78, 5) is 25.0. The van der Waals surface area contributed by atoms with E-state index in [4.69, 9.17) is 9.52 Å². The van der Waals surface area contributed by atoms with Crippen LogP contribution in [0.4, 0.5) is 0 Å². The van der Waals surface area contributed by atoms with Gasteiger partial charge in [-0.05, 0) is 37.7 Å². The van der Waals surface area contributed by atoms with Gasteiger partial charge in [-0.3, -0.25) is 9.59 Å². The molecule has 1 unspecified atom stereocenters. The number of likely N-dealkylation sites (tertiary alicyclic amines) is 1. The van der Waals surface area contributed by atoms with Crippen LogP contribution in [0.1, 0.15) is 42.0 Å². The molecule has 5 nitrogen and oxygen atoms in total. The number of carbonyl (C=O) groups is 2. The van der Waals surface area contributed by atoms with Gasteiger partial charge in [0.1, 0.15) is 5.76 Å². The number of hydrogen-bond acceptors (Lipinski definition) is 4. The number of furan rings is 1. The predicted molar refractivity (Wildman–Crippen MR) is 76.9 cm³/mol. The lowest BCUT2D eigenvalue weighted by atomic mass is 9.99. The zero-order chi connectivity index (χ0) is 14.5. The topological polar surface area (TPSA) is 70.8 Å². The molecule has 2 rings (SSSR count). The zero-order valence-electron chi connectivity index (χ0n) is 11.5. The van der Waals surface area contributed by atoms with E-state index in [0.29, 0.717) is 12.3 Å². The molecule has 1 aromatic rings. The molecule has 1 amide bonds. The molecule has 6 heteroatoms. The molecule has 110 valence electrons. The van der Waals surface area contributed by atoms with Crippen LogP contribution in [-0.2, 0) is 10.5 Å². The summed E-state index contributed by atoms with van der Waals surface area (Å²) in [6.45, 7) is 0.606. The Morgan fingerprint density at radius 3 is 2.95 bits per heavy atom. The lowest BCUT2D eigenvalue weighted by Crippen LogP contribution is -2.44. The summed E-state index contributed by atoms with van der Waals surface area (Å²) < 4.78 is 5.53. The van der Waals surface area contributed by atoms with Crippen molar-refractivity contribution in [3.63, 3.8) is 0 Å². The third-order valence-electron chi connectivity index (χ3n) is 3.46. The lowest BCUT2D eigenvalue weighted by Gasteiger charge is -2.34. The van der Waals surface area contributed by atoms with Crippen molar-refractivity contribution in [1.29, 1.82) is 0 Å². The van der Waals surface area contributed by atoms with Gasteiger partial charge in [-0.25, -0.2) is 0 Å². The van der Waals surface area contributed by atoms with Gasteiger partial charge < -0.3 is 14.4 Å². The van der Waals surface area contributed by atoms with Crippen molar-refractivity contribution in [1.82, 2.24) is 4.90 Å². The molecule has 20 heavy (non-hydrogen) atoms. The van der Waals surface area contributed by atoms with Crippen LogP contribution in [0.25, 0.3) is 0 Å². The van der Waals surface area contributed by atoms with E-state index in [0.717, 1.165) is 30.8 Å². The fraction of sp³-hybridized carbons (Fsp3) is 0.571. The molecule has 1 saturated heterocycles. The first kappa shape index (κ1) is 15.0. The van der Waals surface area contributed by atoms with Crippen LogP contribution in [0.3, 0.4) is 0 Å². The van der Waals surface area contributed by atoms with Crippen LogP contribution in [0.2, 0.25) is 0 Å². The fourth-order valence-electron chi connectivity index (χ4n) is 2.54. The molecule has 1 aliphatic rings. The molecule has 0 radical (unpaired) electrons. The van der Waals surface area contributed by atoms with Gasteiger partial charge in [0.05, 0.1) is 12.2 Å². The predicted octanol–water partition coefficient (Wildman–Crippen LogP) is 2.61. The van der Waals surface area contributed by atoms with E-state index in [1.807, 2.05) is 6.26 Å². The second-order valence-electron chi connectivity index (χ2n) is 4.94. The molecule has 0 spiro atoms. The fourth-order valence-corrected chi connectivity index (χ4v) is 2.98. The zero-order valence-corrected chi connectivity index (χ0v) is 12.3. The summed E-state index contributed by atoms with van der Waals surface area (Å²) in [5.41, 5.74) is 0. The SMILES string of the molecule is CSCc1ccc(C(=O)N2CCCCC2CC(=O)O)o1. The van der Waals surface area contributed by atoms with E-state index in [9.17, 15) is 9.59 Å². The molecule has 1 atom stereocenters. The van der Waals surface area contributed by atoms with Crippen molar-refractivity contribution < 1.29 is 19.1 Å². The van der Waals surface area contributed by atoms with E-state index in [1.54, 1.807) is 28.8 Å². The van der Waals surface area contributed by atoms with Crippen molar-refractivity contribution in [3.8, 4) is 0 Å². The van der Waals surface area contributed by atoms with Crippen molar-refractivity contribution >= 4 is 23.6 Å². The van der Waals surface area contributed by atoms with Crippen LogP contribution >= 0.6 is 11.8 Å². The number of carbonyl (C=O) groups excluding carboxylic acids is 1. The minimum Gasteiger partial charge on any atom is -0.481 e. The molecule has 0 bridgehead atoms. The van der Waals surface area contributed by atoms with Crippen molar-refractivity contribution in [3.05, 3.63) is 23.7 Å². The highest BCUT2D eigenvalue weighted by atomic mass is 32.2. The maximum atomic E-state index is 12.4. The molecule has 1 fully saturated rings. The van der Waals surface area contributed by atoms with E-state index in [2.05, 4.69) is 0 Å². The van der Waals surface area contributed by atoms with Crippen LogP contribution in [-0.4, -0.2) is 40.7 Å². The number of hydrogen-bond donors (Lipinski definition) is 1. The first-order valence-electron chi connectivity index (χ1n) is 6.72. The molecule has 1 aromatic heterocycles.